The second kappa shape index (κ2) is 7.22. The number of piperidine rings is 1. The molecule has 10 heteroatoms. The molecular formula is C21H22N8O2. The third kappa shape index (κ3) is 3.43. The van der Waals surface area contributed by atoms with Crippen molar-refractivity contribution in [3.05, 3.63) is 53.6 Å². The van der Waals surface area contributed by atoms with Crippen LogP contribution in [-0.4, -0.2) is 48.1 Å². The van der Waals surface area contributed by atoms with Crippen LogP contribution in [0.25, 0.3) is 0 Å². The minimum Gasteiger partial charge on any atom is -0.318 e. The number of fused-ring (bicyclic) bond motifs is 1. The van der Waals surface area contributed by atoms with E-state index in [9.17, 15) is 9.59 Å². The van der Waals surface area contributed by atoms with Gasteiger partial charge < -0.3 is 5.32 Å². The fourth-order valence-electron chi connectivity index (χ4n) is 4.04. The Bertz CT molecular complexity index is 1190. The van der Waals surface area contributed by atoms with Gasteiger partial charge in [0.2, 0.25) is 11.9 Å². The third-order valence-electron chi connectivity index (χ3n) is 5.97. The number of nitrogens with one attached hydrogen (secondary N) is 1. The highest BCUT2D eigenvalue weighted by Crippen LogP contribution is 2.46. The average molecular weight is 418 g/mol. The van der Waals surface area contributed by atoms with Crippen LogP contribution in [0.1, 0.15) is 46.8 Å². The molecule has 4 heterocycles. The van der Waals surface area contributed by atoms with Crippen molar-refractivity contribution in [2.45, 2.75) is 33.2 Å². The molecule has 1 aliphatic carbocycles. The molecule has 3 atom stereocenters. The Kier molecular flexibility index (Phi) is 4.49. The van der Waals surface area contributed by atoms with Gasteiger partial charge in [0.25, 0.3) is 5.91 Å². The van der Waals surface area contributed by atoms with Crippen LogP contribution in [0.4, 0.5) is 11.6 Å². The number of carbonyl (C=O) groups is 2. The first kappa shape index (κ1) is 19.3. The number of amides is 2. The minimum absolute atomic E-state index is 0.135. The quantitative estimate of drug-likeness (QED) is 0.672. The fourth-order valence-corrected chi connectivity index (χ4v) is 4.04. The summed E-state index contributed by atoms with van der Waals surface area (Å²) >= 11 is 0. The molecular weight excluding hydrogens is 396 g/mol. The van der Waals surface area contributed by atoms with E-state index in [4.69, 9.17) is 0 Å². The maximum absolute atomic E-state index is 12.5. The summed E-state index contributed by atoms with van der Waals surface area (Å²) < 4.78 is 1.74. The number of aromatic nitrogens is 6. The Labute approximate surface area is 178 Å². The van der Waals surface area contributed by atoms with Crippen molar-refractivity contribution in [1.82, 2.24) is 29.7 Å². The van der Waals surface area contributed by atoms with Crippen LogP contribution < -0.4 is 10.2 Å². The van der Waals surface area contributed by atoms with Crippen LogP contribution >= 0.6 is 0 Å². The summed E-state index contributed by atoms with van der Waals surface area (Å²) in [6, 6.07) is -0.152. The van der Waals surface area contributed by atoms with Gasteiger partial charge in [0, 0.05) is 48.5 Å². The van der Waals surface area contributed by atoms with Crippen LogP contribution in [0.3, 0.4) is 0 Å². The predicted octanol–water partition coefficient (Wildman–Crippen LogP) is 1.92. The van der Waals surface area contributed by atoms with E-state index in [1.165, 1.54) is 6.20 Å². The van der Waals surface area contributed by atoms with E-state index in [1.807, 2.05) is 13.8 Å². The van der Waals surface area contributed by atoms with E-state index in [0.29, 0.717) is 29.8 Å². The van der Waals surface area contributed by atoms with Crippen LogP contribution in [0.15, 0.2) is 31.0 Å². The SMILES string of the molecule is Cc1nc(N2C[C@H]3C[C@H]3C2=O)ncc1[C@H](C)n1cc(NC(=O)c2nccnc2C)cn1. The molecule has 3 aromatic rings. The van der Waals surface area contributed by atoms with Gasteiger partial charge in [-0.2, -0.15) is 5.10 Å². The van der Waals surface area contributed by atoms with E-state index in [0.717, 1.165) is 17.7 Å². The standard InChI is InChI=1S/C21H22N8O2/c1-11-17(8-24-21(26-11)28-9-14-6-16(14)20(28)31)13(3)29-10-15(7-25-29)27-19(30)18-12(2)22-4-5-23-18/h4-5,7-8,10,13-14,16H,6,9H2,1-3H3,(H,27,30)/t13-,14+,16+/m0/s1. The molecule has 1 saturated carbocycles. The second-order valence-electron chi connectivity index (χ2n) is 8.09. The fraction of sp³-hybridized carbons (Fsp3) is 0.381. The second-order valence-corrected chi connectivity index (χ2v) is 8.09. The van der Waals surface area contributed by atoms with E-state index >= 15 is 0 Å². The van der Waals surface area contributed by atoms with Gasteiger partial charge in [-0.3, -0.25) is 24.2 Å². The normalized spacial score (nSPS) is 20.5. The van der Waals surface area contributed by atoms with E-state index < -0.39 is 0 Å². The van der Waals surface area contributed by atoms with Gasteiger partial charge in [0.1, 0.15) is 5.69 Å². The first-order chi connectivity index (χ1) is 14.9. The maximum atomic E-state index is 12.5. The van der Waals surface area contributed by atoms with E-state index in [2.05, 4.69) is 30.4 Å². The van der Waals surface area contributed by atoms with Crippen molar-refractivity contribution in [3.8, 4) is 0 Å². The summed E-state index contributed by atoms with van der Waals surface area (Å²) in [6.07, 6.45) is 9.11. The van der Waals surface area contributed by atoms with Crippen molar-refractivity contribution >= 4 is 23.5 Å². The molecule has 0 unspecified atom stereocenters. The molecule has 0 radical (unpaired) electrons. The molecule has 2 fully saturated rings. The van der Waals surface area contributed by atoms with Gasteiger partial charge in [-0.25, -0.2) is 15.0 Å². The van der Waals surface area contributed by atoms with Gasteiger partial charge in [-0.1, -0.05) is 0 Å². The lowest BCUT2D eigenvalue weighted by atomic mass is 10.1. The topological polar surface area (TPSA) is 119 Å². The number of nitrogens with zero attached hydrogens (tertiary/aromatic N) is 7. The van der Waals surface area contributed by atoms with Crippen molar-refractivity contribution in [1.29, 1.82) is 0 Å². The smallest absolute Gasteiger partial charge is 0.276 e. The Morgan fingerprint density at radius 1 is 1.16 bits per heavy atom. The van der Waals surface area contributed by atoms with Gasteiger partial charge in [-0.05, 0) is 33.1 Å². The average Bonchev–Trinajstić information content (AvgIpc) is 3.25. The molecule has 0 spiro atoms. The Morgan fingerprint density at radius 3 is 2.68 bits per heavy atom. The molecule has 0 bridgehead atoms. The maximum Gasteiger partial charge on any atom is 0.276 e. The number of hydrogen-bond acceptors (Lipinski definition) is 7. The number of rotatable bonds is 5. The molecule has 1 aliphatic heterocycles. The predicted molar refractivity (Wildman–Crippen MR) is 111 cm³/mol. The summed E-state index contributed by atoms with van der Waals surface area (Å²) in [5.74, 6) is 0.911. The van der Waals surface area contributed by atoms with Crippen molar-refractivity contribution in [3.63, 3.8) is 0 Å². The van der Waals surface area contributed by atoms with Gasteiger partial charge in [0.15, 0.2) is 0 Å². The van der Waals surface area contributed by atoms with E-state index in [1.54, 1.807) is 41.3 Å². The summed E-state index contributed by atoms with van der Waals surface area (Å²) in [7, 11) is 0. The van der Waals surface area contributed by atoms with Gasteiger partial charge >= 0.3 is 0 Å². The summed E-state index contributed by atoms with van der Waals surface area (Å²) in [4.78, 5) is 43.6. The Morgan fingerprint density at radius 2 is 1.97 bits per heavy atom. The number of aryl methyl sites for hydroxylation is 2. The highest BCUT2D eigenvalue weighted by atomic mass is 16.2. The van der Waals surface area contributed by atoms with Crippen molar-refractivity contribution in [2.75, 3.05) is 16.8 Å². The lowest BCUT2D eigenvalue weighted by Crippen LogP contribution is -2.30. The zero-order valence-corrected chi connectivity index (χ0v) is 17.5. The number of anilines is 2. The molecule has 158 valence electrons. The Balaban J connectivity index is 1.31. The summed E-state index contributed by atoms with van der Waals surface area (Å²) in [5.41, 5.74) is 3.08. The molecule has 5 rings (SSSR count). The van der Waals surface area contributed by atoms with Crippen LogP contribution in [0, 0.1) is 25.7 Å². The molecule has 31 heavy (non-hydrogen) atoms. The monoisotopic (exact) mass is 418 g/mol. The zero-order chi connectivity index (χ0) is 21.7. The van der Waals surface area contributed by atoms with Crippen LogP contribution in [0.5, 0.6) is 0 Å². The molecule has 2 aliphatic rings. The van der Waals surface area contributed by atoms with Crippen molar-refractivity contribution in [2.24, 2.45) is 11.8 Å². The lowest BCUT2D eigenvalue weighted by Gasteiger charge is -2.19. The molecule has 10 nitrogen and oxygen atoms in total. The molecule has 1 N–H and O–H groups in total. The number of carbonyl (C=O) groups excluding carboxylic acids is 2. The summed E-state index contributed by atoms with van der Waals surface area (Å²) in [5, 5.41) is 7.18. The summed E-state index contributed by atoms with van der Waals surface area (Å²) in [6.45, 7) is 6.33. The minimum atomic E-state index is -0.338. The zero-order valence-electron chi connectivity index (χ0n) is 17.5. The molecule has 0 aromatic carbocycles. The highest BCUT2D eigenvalue weighted by Gasteiger charge is 2.53. The van der Waals surface area contributed by atoms with Gasteiger partial charge in [0.05, 0.1) is 23.6 Å². The first-order valence-corrected chi connectivity index (χ1v) is 10.2. The third-order valence-corrected chi connectivity index (χ3v) is 5.97. The van der Waals surface area contributed by atoms with Crippen LogP contribution in [-0.2, 0) is 4.79 Å². The van der Waals surface area contributed by atoms with Crippen molar-refractivity contribution < 1.29 is 9.59 Å². The lowest BCUT2D eigenvalue weighted by molar-refractivity contribution is -0.118. The molecule has 1 saturated heterocycles. The first-order valence-electron chi connectivity index (χ1n) is 10.2. The highest BCUT2D eigenvalue weighted by molar-refractivity contribution is 6.03. The number of hydrogen-bond donors (Lipinski definition) is 1. The molecule has 3 aromatic heterocycles. The van der Waals surface area contributed by atoms with E-state index in [-0.39, 0.29) is 29.5 Å². The van der Waals surface area contributed by atoms with Crippen LogP contribution in [0.2, 0.25) is 0 Å². The molecule has 2 amide bonds. The van der Waals surface area contributed by atoms with Gasteiger partial charge in [-0.15, -0.1) is 0 Å². The largest absolute Gasteiger partial charge is 0.318 e. The Hall–Kier alpha value is -3.69.